The monoisotopic (exact) mass is 373 g/mol. The number of nitrogens with one attached hydrogen (secondary N) is 2. The Morgan fingerprint density at radius 3 is 2.78 bits per heavy atom. The second-order valence-corrected chi connectivity index (χ2v) is 6.74. The number of hydrogen-bond acceptors (Lipinski definition) is 5. The van der Waals surface area contributed by atoms with Crippen LogP contribution in [0, 0.1) is 6.92 Å². The van der Waals surface area contributed by atoms with E-state index in [4.69, 9.17) is 9.26 Å². The number of nitrogens with zero attached hydrogens (tertiary/aromatic N) is 3. The van der Waals surface area contributed by atoms with Crippen LogP contribution in [-0.4, -0.2) is 36.3 Å². The van der Waals surface area contributed by atoms with Crippen LogP contribution in [0.1, 0.15) is 56.0 Å². The lowest BCUT2D eigenvalue weighted by molar-refractivity contribution is 0.368. The standard InChI is InChI=1S/C20H31N5O2/c1-6-21-20(23-13-16-10-9-15(4)12-17(16)26-5)22-11-7-8-18-24-19(14(2)3)25-27-18/h9-10,12,14H,6-8,11,13H2,1-5H3,(H2,21,22,23). The number of aliphatic imine (C=N–C) groups is 1. The maximum absolute atomic E-state index is 5.45. The Labute approximate surface area is 161 Å². The SMILES string of the molecule is CCNC(=NCc1ccc(C)cc1OC)NCCCc1nc(C(C)C)no1. The summed E-state index contributed by atoms with van der Waals surface area (Å²) in [5.41, 5.74) is 2.23. The van der Waals surface area contributed by atoms with Crippen LogP contribution in [0.3, 0.4) is 0 Å². The number of methoxy groups -OCH3 is 1. The van der Waals surface area contributed by atoms with Crippen molar-refractivity contribution in [2.75, 3.05) is 20.2 Å². The second kappa shape index (κ2) is 10.5. The number of aromatic nitrogens is 2. The average molecular weight is 374 g/mol. The first-order chi connectivity index (χ1) is 13.0. The molecule has 7 nitrogen and oxygen atoms in total. The van der Waals surface area contributed by atoms with Crippen LogP contribution in [0.15, 0.2) is 27.7 Å². The molecule has 2 aromatic rings. The highest BCUT2D eigenvalue weighted by atomic mass is 16.5. The Morgan fingerprint density at radius 1 is 1.30 bits per heavy atom. The van der Waals surface area contributed by atoms with Gasteiger partial charge in [0.05, 0.1) is 13.7 Å². The molecule has 0 radical (unpaired) electrons. The molecule has 0 aliphatic rings. The molecule has 0 saturated carbocycles. The Morgan fingerprint density at radius 2 is 2.11 bits per heavy atom. The molecule has 0 amide bonds. The highest BCUT2D eigenvalue weighted by molar-refractivity contribution is 5.79. The van der Waals surface area contributed by atoms with Crippen LogP contribution in [0.2, 0.25) is 0 Å². The highest BCUT2D eigenvalue weighted by Crippen LogP contribution is 2.20. The number of aryl methyl sites for hydroxylation is 2. The fourth-order valence-corrected chi connectivity index (χ4v) is 2.54. The van der Waals surface area contributed by atoms with Gasteiger partial charge in [-0.3, -0.25) is 0 Å². The van der Waals surface area contributed by atoms with Crippen molar-refractivity contribution in [1.29, 1.82) is 0 Å². The van der Waals surface area contributed by atoms with Gasteiger partial charge in [0.1, 0.15) is 5.75 Å². The highest BCUT2D eigenvalue weighted by Gasteiger charge is 2.09. The van der Waals surface area contributed by atoms with Gasteiger partial charge in [0, 0.05) is 31.0 Å². The molecule has 1 heterocycles. The summed E-state index contributed by atoms with van der Waals surface area (Å²) in [6.45, 7) is 10.3. The molecule has 0 unspecified atom stereocenters. The van der Waals surface area contributed by atoms with Crippen molar-refractivity contribution in [3.05, 3.63) is 41.0 Å². The summed E-state index contributed by atoms with van der Waals surface area (Å²) in [4.78, 5) is 9.06. The summed E-state index contributed by atoms with van der Waals surface area (Å²) in [5.74, 6) is 3.39. The summed E-state index contributed by atoms with van der Waals surface area (Å²) >= 11 is 0. The van der Waals surface area contributed by atoms with Crippen molar-refractivity contribution in [2.45, 2.75) is 53.0 Å². The lowest BCUT2D eigenvalue weighted by atomic mass is 10.1. The molecule has 0 fully saturated rings. The topological polar surface area (TPSA) is 84.6 Å². The van der Waals surface area contributed by atoms with E-state index in [2.05, 4.69) is 65.6 Å². The van der Waals surface area contributed by atoms with Gasteiger partial charge < -0.3 is 19.9 Å². The number of hydrogen-bond donors (Lipinski definition) is 2. The summed E-state index contributed by atoms with van der Waals surface area (Å²) in [6.07, 6.45) is 1.63. The number of benzene rings is 1. The zero-order valence-corrected chi connectivity index (χ0v) is 17.0. The Bertz CT molecular complexity index is 740. The van der Waals surface area contributed by atoms with Crippen molar-refractivity contribution in [3.8, 4) is 5.75 Å². The van der Waals surface area contributed by atoms with Gasteiger partial charge in [0.2, 0.25) is 5.89 Å². The van der Waals surface area contributed by atoms with Crippen molar-refractivity contribution in [3.63, 3.8) is 0 Å². The normalized spacial score (nSPS) is 11.7. The minimum atomic E-state index is 0.284. The van der Waals surface area contributed by atoms with E-state index < -0.39 is 0 Å². The summed E-state index contributed by atoms with van der Waals surface area (Å²) in [7, 11) is 1.69. The number of ether oxygens (including phenoxy) is 1. The molecule has 0 spiro atoms. The third-order valence-corrected chi connectivity index (χ3v) is 4.05. The quantitative estimate of drug-likeness (QED) is 0.399. The molecule has 0 bridgehead atoms. The predicted molar refractivity (Wildman–Crippen MR) is 107 cm³/mol. The lowest BCUT2D eigenvalue weighted by Gasteiger charge is -2.12. The summed E-state index contributed by atoms with van der Waals surface area (Å²) < 4.78 is 10.7. The van der Waals surface area contributed by atoms with Gasteiger partial charge in [-0.1, -0.05) is 31.1 Å². The molecule has 7 heteroatoms. The molecular formula is C20H31N5O2. The molecule has 1 aromatic heterocycles. The third-order valence-electron chi connectivity index (χ3n) is 4.05. The Balaban J connectivity index is 1.86. The van der Waals surface area contributed by atoms with Crippen molar-refractivity contribution < 1.29 is 9.26 Å². The predicted octanol–water partition coefficient (Wildman–Crippen LogP) is 3.20. The zero-order chi connectivity index (χ0) is 19.6. The fraction of sp³-hybridized carbons (Fsp3) is 0.550. The van der Waals surface area contributed by atoms with Gasteiger partial charge >= 0.3 is 0 Å². The number of guanidine groups is 1. The largest absolute Gasteiger partial charge is 0.496 e. The van der Waals surface area contributed by atoms with E-state index in [1.165, 1.54) is 5.56 Å². The maximum atomic E-state index is 5.45. The minimum absolute atomic E-state index is 0.284. The van der Waals surface area contributed by atoms with Crippen molar-refractivity contribution in [1.82, 2.24) is 20.8 Å². The smallest absolute Gasteiger partial charge is 0.226 e. The van der Waals surface area contributed by atoms with E-state index >= 15 is 0 Å². The molecule has 2 rings (SSSR count). The van der Waals surface area contributed by atoms with Gasteiger partial charge in [0.15, 0.2) is 11.8 Å². The van der Waals surface area contributed by atoms with Gasteiger partial charge in [-0.2, -0.15) is 4.98 Å². The second-order valence-electron chi connectivity index (χ2n) is 6.74. The van der Waals surface area contributed by atoms with Crippen molar-refractivity contribution in [2.24, 2.45) is 4.99 Å². The van der Waals surface area contributed by atoms with Crippen LogP contribution in [-0.2, 0) is 13.0 Å². The third kappa shape index (κ3) is 6.58. The molecule has 148 valence electrons. The summed E-state index contributed by atoms with van der Waals surface area (Å²) in [5, 5.41) is 10.6. The van der Waals surface area contributed by atoms with E-state index in [9.17, 15) is 0 Å². The van der Waals surface area contributed by atoms with Crippen LogP contribution in [0.4, 0.5) is 0 Å². The maximum Gasteiger partial charge on any atom is 0.226 e. The molecule has 0 aliphatic heterocycles. The van der Waals surface area contributed by atoms with Gasteiger partial charge in [0.25, 0.3) is 0 Å². The molecule has 27 heavy (non-hydrogen) atoms. The van der Waals surface area contributed by atoms with E-state index in [0.717, 1.165) is 49.0 Å². The van der Waals surface area contributed by atoms with Crippen LogP contribution >= 0.6 is 0 Å². The summed E-state index contributed by atoms with van der Waals surface area (Å²) in [6, 6.07) is 6.16. The fourth-order valence-electron chi connectivity index (χ4n) is 2.54. The molecule has 1 aromatic carbocycles. The van der Waals surface area contributed by atoms with Crippen LogP contribution in [0.25, 0.3) is 0 Å². The van der Waals surface area contributed by atoms with Gasteiger partial charge in [-0.25, -0.2) is 4.99 Å². The first kappa shape index (κ1) is 20.7. The lowest BCUT2D eigenvalue weighted by Crippen LogP contribution is -2.37. The van der Waals surface area contributed by atoms with E-state index in [1.807, 2.05) is 6.07 Å². The van der Waals surface area contributed by atoms with Crippen LogP contribution in [0.5, 0.6) is 5.75 Å². The zero-order valence-electron chi connectivity index (χ0n) is 17.0. The van der Waals surface area contributed by atoms with E-state index in [-0.39, 0.29) is 5.92 Å². The number of rotatable bonds is 9. The van der Waals surface area contributed by atoms with E-state index in [1.54, 1.807) is 7.11 Å². The minimum Gasteiger partial charge on any atom is -0.496 e. The Hall–Kier alpha value is -2.57. The van der Waals surface area contributed by atoms with E-state index in [0.29, 0.717) is 12.4 Å². The molecule has 0 saturated heterocycles. The molecular weight excluding hydrogens is 342 g/mol. The van der Waals surface area contributed by atoms with Crippen molar-refractivity contribution >= 4 is 5.96 Å². The molecule has 0 atom stereocenters. The van der Waals surface area contributed by atoms with Crippen LogP contribution < -0.4 is 15.4 Å². The van der Waals surface area contributed by atoms with Gasteiger partial charge in [-0.15, -0.1) is 0 Å². The Kier molecular flexibility index (Phi) is 8.10. The molecule has 2 N–H and O–H groups in total. The average Bonchev–Trinajstić information content (AvgIpc) is 3.13. The van der Waals surface area contributed by atoms with Gasteiger partial charge in [-0.05, 0) is 31.9 Å². The first-order valence-corrected chi connectivity index (χ1v) is 9.51. The first-order valence-electron chi connectivity index (χ1n) is 9.51. The molecule has 0 aliphatic carbocycles.